The molecule has 3 rings (SSSR count). The van der Waals surface area contributed by atoms with Gasteiger partial charge in [-0.05, 0) is 61.1 Å². The fraction of sp³-hybridized carbons (Fsp3) is 0.480. The van der Waals surface area contributed by atoms with Gasteiger partial charge in [-0.3, -0.25) is 9.52 Å². The van der Waals surface area contributed by atoms with Crippen LogP contribution in [-0.2, 0) is 20.2 Å². The Kier molecular flexibility index (Phi) is 6.35. The number of hydrogen-bond donors (Lipinski definition) is 1. The molecule has 174 valence electrons. The number of anilines is 2. The molecule has 0 atom stereocenters. The molecule has 0 unspecified atom stereocenters. The molecule has 1 aliphatic rings. The Morgan fingerprint density at radius 2 is 1.72 bits per heavy atom. The average Bonchev–Trinajstić information content (AvgIpc) is 2.77. The van der Waals surface area contributed by atoms with E-state index in [1.807, 2.05) is 39.8 Å². The minimum atomic E-state index is -3.78. The summed E-state index contributed by atoms with van der Waals surface area (Å²) >= 11 is 0. The maximum Gasteiger partial charge on any atom is 0.261 e. The third kappa shape index (κ3) is 5.09. The van der Waals surface area contributed by atoms with E-state index in [-0.39, 0.29) is 28.7 Å². The molecule has 0 spiro atoms. The van der Waals surface area contributed by atoms with E-state index in [0.29, 0.717) is 23.7 Å². The molecule has 0 radical (unpaired) electrons. The maximum atomic E-state index is 13.2. The van der Waals surface area contributed by atoms with Gasteiger partial charge in [0.2, 0.25) is 5.91 Å². The highest BCUT2D eigenvalue weighted by Crippen LogP contribution is 2.39. The zero-order valence-electron chi connectivity index (χ0n) is 20.0. The van der Waals surface area contributed by atoms with Gasteiger partial charge >= 0.3 is 0 Å². The fourth-order valence-electron chi connectivity index (χ4n) is 3.60. The highest BCUT2D eigenvalue weighted by atomic mass is 32.2. The second-order valence-electron chi connectivity index (χ2n) is 10.5. The Bertz CT molecular complexity index is 1100. The van der Waals surface area contributed by atoms with E-state index in [4.69, 9.17) is 4.74 Å². The van der Waals surface area contributed by atoms with E-state index in [2.05, 4.69) is 25.5 Å². The van der Waals surface area contributed by atoms with Crippen LogP contribution in [0.4, 0.5) is 11.4 Å². The predicted molar refractivity (Wildman–Crippen MR) is 129 cm³/mol. The Hall–Kier alpha value is -2.54. The number of ether oxygens (including phenoxy) is 1. The molecule has 2 aromatic carbocycles. The Balaban J connectivity index is 1.95. The molecule has 1 heterocycles. The second kappa shape index (κ2) is 8.43. The Morgan fingerprint density at radius 3 is 2.28 bits per heavy atom. The second-order valence-corrected chi connectivity index (χ2v) is 12.2. The first kappa shape index (κ1) is 24.1. The first-order chi connectivity index (χ1) is 14.7. The average molecular weight is 459 g/mol. The Morgan fingerprint density at radius 1 is 1.09 bits per heavy atom. The number of hydrogen-bond acceptors (Lipinski definition) is 4. The van der Waals surface area contributed by atoms with Crippen molar-refractivity contribution in [3.63, 3.8) is 0 Å². The molecule has 7 heteroatoms. The highest BCUT2D eigenvalue weighted by Gasteiger charge is 2.38. The van der Waals surface area contributed by atoms with Crippen LogP contribution in [0.2, 0.25) is 0 Å². The van der Waals surface area contributed by atoms with Crippen LogP contribution in [-0.4, -0.2) is 27.5 Å². The summed E-state index contributed by atoms with van der Waals surface area (Å²) in [5.74, 6) is 0.771. The van der Waals surface area contributed by atoms with E-state index < -0.39 is 15.4 Å². The molecular weight excluding hydrogens is 424 g/mol. The van der Waals surface area contributed by atoms with E-state index >= 15 is 0 Å². The lowest BCUT2D eigenvalue weighted by Crippen LogP contribution is -2.43. The SMILES string of the molecule is CC(C)CN1C(=O)C(C)(C)COc2ccc(NS(=O)(=O)c3ccc(C(C)(C)C)cc3)cc21. The number of benzene rings is 2. The van der Waals surface area contributed by atoms with Gasteiger partial charge in [0.15, 0.2) is 0 Å². The van der Waals surface area contributed by atoms with Gasteiger partial charge in [0.25, 0.3) is 10.0 Å². The zero-order chi connectivity index (χ0) is 23.9. The fourth-order valence-corrected chi connectivity index (χ4v) is 4.65. The minimum Gasteiger partial charge on any atom is -0.490 e. The summed E-state index contributed by atoms with van der Waals surface area (Å²) in [7, 11) is -3.78. The van der Waals surface area contributed by atoms with Gasteiger partial charge in [0, 0.05) is 6.54 Å². The number of amides is 1. The number of fused-ring (bicyclic) bond motifs is 1. The monoisotopic (exact) mass is 458 g/mol. The summed E-state index contributed by atoms with van der Waals surface area (Å²) < 4.78 is 34.6. The predicted octanol–water partition coefficient (Wildman–Crippen LogP) is 5.19. The lowest BCUT2D eigenvalue weighted by molar-refractivity contribution is -0.127. The molecule has 1 amide bonds. The van der Waals surface area contributed by atoms with Crippen LogP contribution >= 0.6 is 0 Å². The van der Waals surface area contributed by atoms with Crippen molar-refractivity contribution in [3.8, 4) is 5.75 Å². The summed E-state index contributed by atoms with van der Waals surface area (Å²) in [6.45, 7) is 14.8. The standard InChI is InChI=1S/C25H34N2O4S/c1-17(2)15-27-21-14-19(10-13-22(21)31-16-25(6,7)23(27)28)26-32(29,30)20-11-8-18(9-12-20)24(3,4)5/h8-14,17,26H,15-16H2,1-7H3. The van der Waals surface area contributed by atoms with Crippen molar-refractivity contribution in [1.29, 1.82) is 0 Å². The van der Waals surface area contributed by atoms with Crippen LogP contribution in [0.5, 0.6) is 5.75 Å². The van der Waals surface area contributed by atoms with Crippen molar-refractivity contribution in [2.75, 3.05) is 22.8 Å². The van der Waals surface area contributed by atoms with Crippen LogP contribution in [0.25, 0.3) is 0 Å². The van der Waals surface area contributed by atoms with Crippen LogP contribution in [0.3, 0.4) is 0 Å². The minimum absolute atomic E-state index is 0.0391. The number of nitrogens with one attached hydrogen (secondary N) is 1. The van der Waals surface area contributed by atoms with Gasteiger partial charge in [-0.25, -0.2) is 8.42 Å². The number of rotatable bonds is 5. The van der Waals surface area contributed by atoms with E-state index in [1.165, 1.54) is 0 Å². The summed E-state index contributed by atoms with van der Waals surface area (Å²) in [5, 5.41) is 0. The highest BCUT2D eigenvalue weighted by molar-refractivity contribution is 7.92. The van der Waals surface area contributed by atoms with Crippen molar-refractivity contribution >= 4 is 27.3 Å². The van der Waals surface area contributed by atoms with Crippen molar-refractivity contribution in [2.24, 2.45) is 11.3 Å². The number of sulfonamides is 1. The molecule has 0 saturated carbocycles. The maximum absolute atomic E-state index is 13.2. The zero-order valence-corrected chi connectivity index (χ0v) is 20.8. The molecular formula is C25H34N2O4S. The molecule has 1 N–H and O–H groups in total. The molecule has 0 saturated heterocycles. The van der Waals surface area contributed by atoms with Crippen LogP contribution in [0, 0.1) is 11.3 Å². The summed E-state index contributed by atoms with van der Waals surface area (Å²) in [6, 6.07) is 12.0. The first-order valence-corrected chi connectivity index (χ1v) is 12.4. The van der Waals surface area contributed by atoms with Crippen LogP contribution in [0.1, 0.15) is 54.0 Å². The largest absolute Gasteiger partial charge is 0.490 e. The number of carbonyl (C=O) groups is 1. The van der Waals surface area contributed by atoms with Crippen molar-refractivity contribution in [3.05, 3.63) is 48.0 Å². The van der Waals surface area contributed by atoms with Crippen LogP contribution in [0.15, 0.2) is 47.4 Å². The summed E-state index contributed by atoms with van der Waals surface area (Å²) in [6.07, 6.45) is 0. The van der Waals surface area contributed by atoms with Gasteiger partial charge in [0.05, 0.1) is 21.7 Å². The van der Waals surface area contributed by atoms with E-state index in [0.717, 1.165) is 5.56 Å². The quantitative estimate of drug-likeness (QED) is 0.669. The molecule has 0 bridgehead atoms. The lowest BCUT2D eigenvalue weighted by atomic mass is 9.87. The van der Waals surface area contributed by atoms with Gasteiger partial charge in [0.1, 0.15) is 12.4 Å². The molecule has 32 heavy (non-hydrogen) atoms. The summed E-state index contributed by atoms with van der Waals surface area (Å²) in [5.41, 5.74) is 1.28. The first-order valence-electron chi connectivity index (χ1n) is 10.9. The summed E-state index contributed by atoms with van der Waals surface area (Å²) in [4.78, 5) is 15.1. The Labute approximate surface area is 192 Å². The van der Waals surface area contributed by atoms with E-state index in [9.17, 15) is 13.2 Å². The third-order valence-electron chi connectivity index (χ3n) is 5.49. The topological polar surface area (TPSA) is 75.7 Å². The number of nitrogens with zero attached hydrogens (tertiary/aromatic N) is 1. The molecule has 6 nitrogen and oxygen atoms in total. The van der Waals surface area contributed by atoms with Gasteiger partial charge < -0.3 is 9.64 Å². The van der Waals surface area contributed by atoms with Crippen molar-refractivity contribution in [2.45, 2.75) is 58.8 Å². The van der Waals surface area contributed by atoms with E-state index in [1.54, 1.807) is 35.2 Å². The van der Waals surface area contributed by atoms with Gasteiger partial charge in [-0.1, -0.05) is 46.8 Å². The third-order valence-corrected chi connectivity index (χ3v) is 6.89. The molecule has 0 aromatic heterocycles. The molecule has 1 aliphatic heterocycles. The molecule has 0 fully saturated rings. The molecule has 0 aliphatic carbocycles. The van der Waals surface area contributed by atoms with Crippen LogP contribution < -0.4 is 14.4 Å². The number of carbonyl (C=O) groups excluding carboxylic acids is 1. The van der Waals surface area contributed by atoms with Crippen molar-refractivity contribution in [1.82, 2.24) is 0 Å². The lowest BCUT2D eigenvalue weighted by Gasteiger charge is -2.29. The normalized spacial score (nSPS) is 16.4. The van der Waals surface area contributed by atoms with Gasteiger partial charge in [-0.15, -0.1) is 0 Å². The van der Waals surface area contributed by atoms with Gasteiger partial charge in [-0.2, -0.15) is 0 Å². The molecule has 2 aromatic rings. The smallest absolute Gasteiger partial charge is 0.261 e. The van der Waals surface area contributed by atoms with Crippen molar-refractivity contribution < 1.29 is 17.9 Å².